The first-order valence-electron chi connectivity index (χ1n) is 38.0. The van der Waals surface area contributed by atoms with Crippen molar-refractivity contribution in [3.63, 3.8) is 0 Å². The molecule has 0 saturated heterocycles. The average Bonchev–Trinajstić information content (AvgIpc) is 3.58. The molecule has 508 valence electrons. The maximum absolute atomic E-state index is 12.8. The Morgan fingerprint density at radius 3 is 0.895 bits per heavy atom. The Kier molecular flexibility index (Phi) is 70.8. The average molecular weight is 1230 g/mol. The second-order valence-electron chi connectivity index (χ2n) is 25.9. The largest absolute Gasteiger partial charge is 0.472 e. The molecule has 10 heteroatoms. The Morgan fingerprint density at radius 2 is 0.605 bits per heavy atom. The molecule has 86 heavy (non-hydrogen) atoms. The molecule has 0 aromatic carbocycles. The zero-order valence-electron chi connectivity index (χ0n) is 57.3. The van der Waals surface area contributed by atoms with Crippen molar-refractivity contribution >= 4 is 19.8 Å². The van der Waals surface area contributed by atoms with E-state index in [1.54, 1.807) is 0 Å². The molecule has 0 heterocycles. The van der Waals surface area contributed by atoms with Crippen molar-refractivity contribution in [3.05, 3.63) is 36.5 Å². The molecule has 0 bridgehead atoms. The fourth-order valence-corrected chi connectivity index (χ4v) is 12.4. The molecule has 0 aromatic heterocycles. The standard InChI is InChI=1S/C76H146NO8P/c1-3-5-7-9-11-13-15-17-19-21-23-25-27-29-31-33-35-36-37-39-40-42-44-46-48-50-52-54-56-58-60-62-64-66-68-75(78)82-72-74(73-84-86(80,81)83-71-70-77)85-76(79)69-67-65-63-61-59-57-55-53-51-49-47-45-43-41-38-34-32-30-28-26-24-22-20-18-16-14-12-10-8-6-4-2/h16,18,22,24,28,30,74H,3-15,17,19-21,23,25-27,29,31-73,77H2,1-2H3,(H,80,81)/b18-16-,24-22-,30-28-. The highest BCUT2D eigenvalue weighted by Gasteiger charge is 2.26. The molecule has 0 radical (unpaired) electrons. The molecule has 0 aliphatic heterocycles. The second-order valence-corrected chi connectivity index (χ2v) is 27.3. The van der Waals surface area contributed by atoms with E-state index in [0.29, 0.717) is 6.42 Å². The van der Waals surface area contributed by atoms with Gasteiger partial charge in [-0.05, 0) is 51.4 Å². The minimum Gasteiger partial charge on any atom is -0.462 e. The van der Waals surface area contributed by atoms with Crippen molar-refractivity contribution in [1.82, 2.24) is 0 Å². The third kappa shape index (κ3) is 71.3. The first kappa shape index (κ1) is 84.2. The summed E-state index contributed by atoms with van der Waals surface area (Å²) in [6.07, 6.45) is 91.3. The number of esters is 2. The fraction of sp³-hybridized carbons (Fsp3) is 0.895. The second kappa shape index (κ2) is 72.3. The number of phosphoric acid groups is 1. The van der Waals surface area contributed by atoms with Gasteiger partial charge in [-0.15, -0.1) is 0 Å². The monoisotopic (exact) mass is 1230 g/mol. The van der Waals surface area contributed by atoms with E-state index >= 15 is 0 Å². The van der Waals surface area contributed by atoms with Crippen molar-refractivity contribution < 1.29 is 37.6 Å². The van der Waals surface area contributed by atoms with Gasteiger partial charge in [0.25, 0.3) is 0 Å². The zero-order chi connectivity index (χ0) is 62.3. The summed E-state index contributed by atoms with van der Waals surface area (Å²) in [6.45, 7) is 3.81. The van der Waals surface area contributed by atoms with E-state index in [9.17, 15) is 19.0 Å². The van der Waals surface area contributed by atoms with Gasteiger partial charge in [-0.1, -0.05) is 378 Å². The van der Waals surface area contributed by atoms with Crippen LogP contribution >= 0.6 is 7.82 Å². The summed E-state index contributed by atoms with van der Waals surface area (Å²) in [7, 11) is -4.39. The third-order valence-electron chi connectivity index (χ3n) is 17.3. The number of carbonyl (C=O) groups is 2. The van der Waals surface area contributed by atoms with E-state index in [-0.39, 0.29) is 38.6 Å². The number of hydrogen-bond donors (Lipinski definition) is 2. The highest BCUT2D eigenvalue weighted by atomic mass is 31.2. The lowest BCUT2D eigenvalue weighted by molar-refractivity contribution is -0.161. The van der Waals surface area contributed by atoms with Crippen LogP contribution in [0.1, 0.15) is 406 Å². The number of phosphoric ester groups is 1. The number of hydrogen-bond acceptors (Lipinski definition) is 8. The quantitative estimate of drug-likeness (QED) is 0.0264. The van der Waals surface area contributed by atoms with E-state index in [0.717, 1.165) is 44.9 Å². The molecular weight excluding hydrogens is 1090 g/mol. The first-order valence-corrected chi connectivity index (χ1v) is 39.5. The van der Waals surface area contributed by atoms with Gasteiger partial charge in [0.2, 0.25) is 0 Å². The number of carbonyl (C=O) groups excluding carboxylic acids is 2. The summed E-state index contributed by atoms with van der Waals surface area (Å²) in [6, 6.07) is 0. The van der Waals surface area contributed by atoms with Crippen molar-refractivity contribution in [1.29, 1.82) is 0 Å². The predicted molar refractivity (Wildman–Crippen MR) is 372 cm³/mol. The van der Waals surface area contributed by atoms with Crippen LogP contribution in [0.25, 0.3) is 0 Å². The molecule has 3 N–H and O–H groups in total. The molecule has 0 amide bonds. The molecule has 0 saturated carbocycles. The van der Waals surface area contributed by atoms with Crippen LogP contribution in [0.5, 0.6) is 0 Å². The van der Waals surface area contributed by atoms with Crippen LogP contribution in [0.3, 0.4) is 0 Å². The number of unbranched alkanes of at least 4 members (excludes halogenated alkanes) is 54. The molecule has 0 rings (SSSR count). The Labute approximate surface area is 535 Å². The molecule has 2 unspecified atom stereocenters. The molecule has 0 spiro atoms. The number of allylic oxidation sites excluding steroid dienone is 6. The molecule has 0 aliphatic carbocycles. The predicted octanol–water partition coefficient (Wildman–Crippen LogP) is 25.0. The molecule has 0 fully saturated rings. The molecular formula is C76H146NO8P. The van der Waals surface area contributed by atoms with Gasteiger partial charge < -0.3 is 20.1 Å². The van der Waals surface area contributed by atoms with Gasteiger partial charge in [0, 0.05) is 19.4 Å². The molecule has 9 nitrogen and oxygen atoms in total. The van der Waals surface area contributed by atoms with Crippen LogP contribution in [0.2, 0.25) is 0 Å². The molecule has 2 atom stereocenters. The van der Waals surface area contributed by atoms with E-state index in [1.807, 2.05) is 0 Å². The van der Waals surface area contributed by atoms with Crippen molar-refractivity contribution in [2.75, 3.05) is 26.4 Å². The van der Waals surface area contributed by atoms with Crippen molar-refractivity contribution in [2.45, 2.75) is 412 Å². The normalized spacial score (nSPS) is 13.0. The Balaban J connectivity index is 3.78. The minimum atomic E-state index is -4.39. The van der Waals surface area contributed by atoms with Crippen molar-refractivity contribution in [3.8, 4) is 0 Å². The van der Waals surface area contributed by atoms with Crippen LogP contribution in [0.15, 0.2) is 36.5 Å². The summed E-state index contributed by atoms with van der Waals surface area (Å²) in [5.74, 6) is -0.804. The highest BCUT2D eigenvalue weighted by molar-refractivity contribution is 7.47. The van der Waals surface area contributed by atoms with Gasteiger partial charge >= 0.3 is 19.8 Å². The van der Waals surface area contributed by atoms with Gasteiger partial charge in [-0.2, -0.15) is 0 Å². The lowest BCUT2D eigenvalue weighted by atomic mass is 10.0. The number of ether oxygens (including phenoxy) is 2. The molecule has 0 aromatic rings. The topological polar surface area (TPSA) is 134 Å². The van der Waals surface area contributed by atoms with E-state index in [4.69, 9.17) is 24.3 Å². The van der Waals surface area contributed by atoms with Crippen LogP contribution in [-0.2, 0) is 32.7 Å². The van der Waals surface area contributed by atoms with E-state index < -0.39 is 26.5 Å². The van der Waals surface area contributed by atoms with Crippen LogP contribution in [-0.4, -0.2) is 49.3 Å². The van der Waals surface area contributed by atoms with Crippen LogP contribution in [0, 0.1) is 0 Å². The van der Waals surface area contributed by atoms with Crippen molar-refractivity contribution in [2.24, 2.45) is 5.73 Å². The maximum atomic E-state index is 12.8. The summed E-state index contributed by atoms with van der Waals surface area (Å²) in [5.41, 5.74) is 5.41. The fourth-order valence-electron chi connectivity index (χ4n) is 11.7. The summed E-state index contributed by atoms with van der Waals surface area (Å²) >= 11 is 0. The first-order chi connectivity index (χ1) is 42.3. The summed E-state index contributed by atoms with van der Waals surface area (Å²) in [5, 5.41) is 0. The highest BCUT2D eigenvalue weighted by Crippen LogP contribution is 2.43. The SMILES string of the molecule is CCCCCCC/C=C\C/C=C\C/C=C\CCCCCCCCCCCCCCCCCCC(=O)OC(COC(=O)CCCCCCCCCCCCCCCCCCCCCCCCCCCCCCCCCCCC)COP(=O)(O)OCCN. The Morgan fingerprint density at radius 1 is 0.349 bits per heavy atom. The summed E-state index contributed by atoms with van der Waals surface area (Å²) < 4.78 is 33.2. The zero-order valence-corrected chi connectivity index (χ0v) is 58.2. The summed E-state index contributed by atoms with van der Waals surface area (Å²) in [4.78, 5) is 35.4. The molecule has 0 aliphatic rings. The Bertz CT molecular complexity index is 1500. The van der Waals surface area contributed by atoms with Crippen LogP contribution < -0.4 is 5.73 Å². The van der Waals surface area contributed by atoms with Gasteiger partial charge in [-0.25, -0.2) is 4.57 Å². The third-order valence-corrected chi connectivity index (χ3v) is 18.3. The number of nitrogens with two attached hydrogens (primary N) is 1. The van der Waals surface area contributed by atoms with Gasteiger partial charge in [0.1, 0.15) is 6.61 Å². The lowest BCUT2D eigenvalue weighted by Gasteiger charge is -2.19. The van der Waals surface area contributed by atoms with Gasteiger partial charge in [0.15, 0.2) is 6.10 Å². The lowest BCUT2D eigenvalue weighted by Crippen LogP contribution is -2.29. The van der Waals surface area contributed by atoms with Crippen LogP contribution in [0.4, 0.5) is 0 Å². The smallest absolute Gasteiger partial charge is 0.462 e. The van der Waals surface area contributed by atoms with Gasteiger partial charge in [0.05, 0.1) is 13.2 Å². The minimum absolute atomic E-state index is 0.0559. The van der Waals surface area contributed by atoms with Gasteiger partial charge in [-0.3, -0.25) is 18.6 Å². The number of rotatable bonds is 73. The maximum Gasteiger partial charge on any atom is 0.472 e. The Hall–Kier alpha value is -1.77. The van der Waals surface area contributed by atoms with E-state index in [2.05, 4.69) is 50.3 Å². The van der Waals surface area contributed by atoms with E-state index in [1.165, 1.54) is 327 Å².